The smallest absolute Gasteiger partial charge is 0.142 e. The van der Waals surface area contributed by atoms with Crippen molar-refractivity contribution in [1.29, 1.82) is 0 Å². The minimum Gasteiger partial charge on any atom is -0.394 e. The molecular weight excluding hydrogens is 142 g/mol. The third-order valence-electron chi connectivity index (χ3n) is 1.28. The minimum absolute atomic E-state index is 0.0348. The number of aliphatic hydroxyl groups is 1. The van der Waals surface area contributed by atoms with Crippen LogP contribution in [0.15, 0.2) is 24.4 Å². The number of hydrogen-bond acceptors (Lipinski definition) is 4. The molecule has 4 heteroatoms. The van der Waals surface area contributed by atoms with Gasteiger partial charge in [-0.05, 0) is 12.1 Å². The molecule has 1 aromatic heterocycles. The van der Waals surface area contributed by atoms with Crippen LogP contribution >= 0.6 is 0 Å². The van der Waals surface area contributed by atoms with E-state index < -0.39 is 0 Å². The van der Waals surface area contributed by atoms with Gasteiger partial charge in [0, 0.05) is 6.20 Å². The normalized spacial score (nSPS) is 9.64. The Kier molecular flexibility index (Phi) is 2.83. The first-order chi connectivity index (χ1) is 5.34. The zero-order chi connectivity index (χ0) is 8.10. The Labute approximate surface area is 65.2 Å². The molecule has 11 heavy (non-hydrogen) atoms. The number of nitrogens with zero attached hydrogens (tertiary/aromatic N) is 2. The molecule has 0 unspecified atom stereocenters. The molecule has 0 radical (unpaired) electrons. The zero-order valence-electron chi connectivity index (χ0n) is 6.14. The third kappa shape index (κ3) is 2.18. The standard InChI is InChI=1S/C7H11N3O/c8-10(5-6-11)7-3-1-2-4-9-7/h1-4,11H,5-6,8H2. The summed E-state index contributed by atoms with van der Waals surface area (Å²) in [6.07, 6.45) is 1.66. The first kappa shape index (κ1) is 7.97. The Morgan fingerprint density at radius 2 is 2.36 bits per heavy atom. The predicted molar refractivity (Wildman–Crippen MR) is 42.9 cm³/mol. The molecule has 0 bridgehead atoms. The highest BCUT2D eigenvalue weighted by atomic mass is 16.3. The summed E-state index contributed by atoms with van der Waals surface area (Å²) in [5.74, 6) is 6.18. The first-order valence-corrected chi connectivity index (χ1v) is 3.38. The van der Waals surface area contributed by atoms with E-state index in [1.54, 1.807) is 12.3 Å². The van der Waals surface area contributed by atoms with E-state index in [0.717, 1.165) is 0 Å². The van der Waals surface area contributed by atoms with Crippen molar-refractivity contribution < 1.29 is 5.11 Å². The van der Waals surface area contributed by atoms with Crippen molar-refractivity contribution in [2.24, 2.45) is 5.84 Å². The maximum Gasteiger partial charge on any atom is 0.142 e. The summed E-state index contributed by atoms with van der Waals surface area (Å²) in [7, 11) is 0. The van der Waals surface area contributed by atoms with Gasteiger partial charge in [0.15, 0.2) is 0 Å². The molecule has 0 amide bonds. The van der Waals surface area contributed by atoms with Gasteiger partial charge in [-0.25, -0.2) is 10.8 Å². The highest BCUT2D eigenvalue weighted by Gasteiger charge is 1.98. The van der Waals surface area contributed by atoms with E-state index in [0.29, 0.717) is 12.4 Å². The summed E-state index contributed by atoms with van der Waals surface area (Å²) in [6, 6.07) is 5.45. The second kappa shape index (κ2) is 3.90. The number of aliphatic hydroxyl groups excluding tert-OH is 1. The van der Waals surface area contributed by atoms with Gasteiger partial charge >= 0.3 is 0 Å². The average Bonchev–Trinajstić information content (AvgIpc) is 2.07. The first-order valence-electron chi connectivity index (χ1n) is 3.38. The zero-order valence-corrected chi connectivity index (χ0v) is 6.14. The van der Waals surface area contributed by atoms with E-state index in [-0.39, 0.29) is 6.61 Å². The van der Waals surface area contributed by atoms with Crippen molar-refractivity contribution >= 4 is 5.82 Å². The van der Waals surface area contributed by atoms with Gasteiger partial charge < -0.3 is 5.11 Å². The molecule has 1 aromatic rings. The van der Waals surface area contributed by atoms with Gasteiger partial charge in [-0.1, -0.05) is 6.07 Å². The van der Waals surface area contributed by atoms with Crippen molar-refractivity contribution in [2.45, 2.75) is 0 Å². The van der Waals surface area contributed by atoms with E-state index >= 15 is 0 Å². The van der Waals surface area contributed by atoms with Gasteiger partial charge in [0.1, 0.15) is 5.82 Å². The molecule has 0 atom stereocenters. The maximum absolute atomic E-state index is 8.55. The van der Waals surface area contributed by atoms with E-state index in [4.69, 9.17) is 10.9 Å². The van der Waals surface area contributed by atoms with Crippen molar-refractivity contribution in [1.82, 2.24) is 4.98 Å². The van der Waals surface area contributed by atoms with Crippen LogP contribution < -0.4 is 10.9 Å². The molecule has 0 aliphatic heterocycles. The molecule has 1 rings (SSSR count). The van der Waals surface area contributed by atoms with Gasteiger partial charge in [-0.2, -0.15) is 0 Å². The lowest BCUT2D eigenvalue weighted by Crippen LogP contribution is -2.34. The Balaban J connectivity index is 2.61. The lowest BCUT2D eigenvalue weighted by Gasteiger charge is -2.14. The highest BCUT2D eigenvalue weighted by molar-refractivity contribution is 5.34. The Hall–Kier alpha value is -1.13. The van der Waals surface area contributed by atoms with E-state index in [1.165, 1.54) is 5.01 Å². The molecule has 0 saturated heterocycles. The number of rotatable bonds is 3. The van der Waals surface area contributed by atoms with Crippen LogP contribution in [0.4, 0.5) is 5.82 Å². The SMILES string of the molecule is NN(CCO)c1ccccn1. The topological polar surface area (TPSA) is 62.4 Å². The summed E-state index contributed by atoms with van der Waals surface area (Å²) in [5.41, 5.74) is 0. The van der Waals surface area contributed by atoms with Crippen LogP contribution in [-0.2, 0) is 0 Å². The number of anilines is 1. The van der Waals surface area contributed by atoms with Crippen molar-refractivity contribution in [3.05, 3.63) is 24.4 Å². The fraction of sp³-hybridized carbons (Fsp3) is 0.286. The van der Waals surface area contributed by atoms with Crippen LogP contribution in [0, 0.1) is 0 Å². The van der Waals surface area contributed by atoms with Crippen LogP contribution in [0.5, 0.6) is 0 Å². The second-order valence-electron chi connectivity index (χ2n) is 2.10. The van der Waals surface area contributed by atoms with E-state index in [9.17, 15) is 0 Å². The molecule has 4 nitrogen and oxygen atoms in total. The van der Waals surface area contributed by atoms with Gasteiger partial charge in [0.2, 0.25) is 0 Å². The summed E-state index contributed by atoms with van der Waals surface area (Å²) in [5, 5.41) is 9.95. The number of hydrogen-bond donors (Lipinski definition) is 2. The average molecular weight is 153 g/mol. The Bertz CT molecular complexity index is 202. The third-order valence-corrected chi connectivity index (χ3v) is 1.28. The Morgan fingerprint density at radius 3 is 2.91 bits per heavy atom. The molecule has 0 aromatic carbocycles. The summed E-state index contributed by atoms with van der Waals surface area (Å²) in [4.78, 5) is 3.99. The molecule has 0 aliphatic carbocycles. The summed E-state index contributed by atoms with van der Waals surface area (Å²) < 4.78 is 0. The van der Waals surface area contributed by atoms with Gasteiger partial charge in [-0.15, -0.1) is 0 Å². The number of nitrogens with two attached hydrogens (primary N) is 1. The molecule has 3 N–H and O–H groups in total. The van der Waals surface area contributed by atoms with Crippen LogP contribution in [-0.4, -0.2) is 23.2 Å². The second-order valence-corrected chi connectivity index (χ2v) is 2.10. The predicted octanol–water partition coefficient (Wildman–Crippen LogP) is -0.246. The van der Waals surface area contributed by atoms with Gasteiger partial charge in [-0.3, -0.25) is 5.01 Å². The molecule has 0 spiro atoms. The molecular formula is C7H11N3O. The largest absolute Gasteiger partial charge is 0.394 e. The number of pyridine rings is 1. The van der Waals surface area contributed by atoms with Crippen LogP contribution in [0.2, 0.25) is 0 Å². The van der Waals surface area contributed by atoms with E-state index in [2.05, 4.69) is 4.98 Å². The quantitative estimate of drug-likeness (QED) is 0.464. The fourth-order valence-electron chi connectivity index (χ4n) is 0.746. The monoisotopic (exact) mass is 153 g/mol. The fourth-order valence-corrected chi connectivity index (χ4v) is 0.746. The number of aromatic nitrogens is 1. The van der Waals surface area contributed by atoms with Crippen molar-refractivity contribution in [2.75, 3.05) is 18.2 Å². The lowest BCUT2D eigenvalue weighted by atomic mass is 10.4. The van der Waals surface area contributed by atoms with Crippen molar-refractivity contribution in [3.8, 4) is 0 Å². The molecule has 0 aliphatic rings. The summed E-state index contributed by atoms with van der Waals surface area (Å²) >= 11 is 0. The lowest BCUT2D eigenvalue weighted by molar-refractivity contribution is 0.302. The molecule has 0 saturated carbocycles. The van der Waals surface area contributed by atoms with Gasteiger partial charge in [0.05, 0.1) is 13.2 Å². The van der Waals surface area contributed by atoms with Crippen LogP contribution in [0.3, 0.4) is 0 Å². The number of hydrazine groups is 1. The highest BCUT2D eigenvalue weighted by Crippen LogP contribution is 2.02. The minimum atomic E-state index is 0.0348. The van der Waals surface area contributed by atoms with E-state index in [1.807, 2.05) is 12.1 Å². The van der Waals surface area contributed by atoms with Crippen LogP contribution in [0.25, 0.3) is 0 Å². The van der Waals surface area contributed by atoms with Gasteiger partial charge in [0.25, 0.3) is 0 Å². The molecule has 0 fully saturated rings. The van der Waals surface area contributed by atoms with Crippen molar-refractivity contribution in [3.63, 3.8) is 0 Å². The van der Waals surface area contributed by atoms with Crippen LogP contribution in [0.1, 0.15) is 0 Å². The maximum atomic E-state index is 8.55. The molecule has 1 heterocycles. The molecule has 60 valence electrons. The summed E-state index contributed by atoms with van der Waals surface area (Å²) in [6.45, 7) is 0.435. The Morgan fingerprint density at radius 1 is 1.55 bits per heavy atom.